The molecular weight excluding hydrogens is 281 g/mol. The standard InChI is InChI=1S/C14H19ClFN3O/c1-10-9-17-5-7-19(10)6-4-14(20)18-13-3-2-11(15)8-12(13)16/h2-3,8,10,17H,4-7,9H2,1H3,(H,18,20)/t10-/m1/s1. The Morgan fingerprint density at radius 1 is 1.60 bits per heavy atom. The smallest absolute Gasteiger partial charge is 0.225 e. The fraction of sp³-hybridized carbons (Fsp3) is 0.500. The number of nitrogens with one attached hydrogen (secondary N) is 2. The number of rotatable bonds is 4. The second-order valence-electron chi connectivity index (χ2n) is 5.01. The van der Waals surface area contributed by atoms with E-state index in [1.54, 1.807) is 6.07 Å². The second-order valence-corrected chi connectivity index (χ2v) is 5.45. The van der Waals surface area contributed by atoms with Gasteiger partial charge >= 0.3 is 0 Å². The van der Waals surface area contributed by atoms with Gasteiger partial charge in [0.05, 0.1) is 5.69 Å². The van der Waals surface area contributed by atoms with Crippen molar-refractivity contribution < 1.29 is 9.18 Å². The molecule has 0 aromatic heterocycles. The SMILES string of the molecule is C[C@@H]1CNCCN1CCC(=O)Nc1ccc(Cl)cc1F. The van der Waals surface area contributed by atoms with Crippen LogP contribution in [0.4, 0.5) is 10.1 Å². The van der Waals surface area contributed by atoms with Crippen molar-refractivity contribution in [2.75, 3.05) is 31.5 Å². The third kappa shape index (κ3) is 4.16. The van der Waals surface area contributed by atoms with Gasteiger partial charge in [0.25, 0.3) is 0 Å². The van der Waals surface area contributed by atoms with Gasteiger partial charge < -0.3 is 10.6 Å². The van der Waals surface area contributed by atoms with Crippen molar-refractivity contribution in [3.8, 4) is 0 Å². The minimum absolute atomic E-state index is 0.174. The number of benzene rings is 1. The maximum Gasteiger partial charge on any atom is 0.225 e. The number of piperazine rings is 1. The zero-order valence-corrected chi connectivity index (χ0v) is 12.2. The Bertz CT molecular complexity index is 483. The average Bonchev–Trinajstić information content (AvgIpc) is 2.41. The zero-order chi connectivity index (χ0) is 14.5. The lowest BCUT2D eigenvalue weighted by Crippen LogP contribution is -2.50. The molecular formula is C14H19ClFN3O. The van der Waals surface area contributed by atoms with E-state index in [0.29, 0.717) is 24.0 Å². The summed E-state index contributed by atoms with van der Waals surface area (Å²) < 4.78 is 13.5. The van der Waals surface area contributed by atoms with Gasteiger partial charge in [0.1, 0.15) is 5.82 Å². The molecule has 1 amide bonds. The fourth-order valence-corrected chi connectivity index (χ4v) is 2.42. The highest BCUT2D eigenvalue weighted by Gasteiger charge is 2.18. The van der Waals surface area contributed by atoms with E-state index in [1.165, 1.54) is 12.1 Å². The van der Waals surface area contributed by atoms with E-state index in [-0.39, 0.29) is 11.6 Å². The molecule has 20 heavy (non-hydrogen) atoms. The summed E-state index contributed by atoms with van der Waals surface area (Å²) in [5.74, 6) is -0.696. The van der Waals surface area contributed by atoms with Gasteiger partial charge in [0, 0.05) is 43.7 Å². The summed E-state index contributed by atoms with van der Waals surface area (Å²) in [4.78, 5) is 14.1. The molecule has 1 aliphatic heterocycles. The normalized spacial score (nSPS) is 19.9. The molecule has 6 heteroatoms. The molecule has 1 aromatic rings. The van der Waals surface area contributed by atoms with E-state index in [1.807, 2.05) is 0 Å². The second kappa shape index (κ2) is 7.02. The molecule has 2 rings (SSSR count). The van der Waals surface area contributed by atoms with Crippen molar-refractivity contribution in [1.29, 1.82) is 0 Å². The van der Waals surface area contributed by atoms with Crippen LogP contribution in [0.3, 0.4) is 0 Å². The lowest BCUT2D eigenvalue weighted by Gasteiger charge is -2.33. The van der Waals surface area contributed by atoms with Gasteiger partial charge in [-0.1, -0.05) is 11.6 Å². The van der Waals surface area contributed by atoms with Crippen molar-refractivity contribution in [2.24, 2.45) is 0 Å². The fourth-order valence-electron chi connectivity index (χ4n) is 2.26. The van der Waals surface area contributed by atoms with Gasteiger partial charge in [-0.05, 0) is 25.1 Å². The average molecular weight is 300 g/mol. The maximum absolute atomic E-state index is 13.5. The van der Waals surface area contributed by atoms with Crippen LogP contribution in [0.25, 0.3) is 0 Å². The van der Waals surface area contributed by atoms with Crippen molar-refractivity contribution in [3.63, 3.8) is 0 Å². The third-order valence-electron chi connectivity index (χ3n) is 3.47. The molecule has 1 saturated heterocycles. The van der Waals surface area contributed by atoms with Crippen molar-refractivity contribution >= 4 is 23.2 Å². The van der Waals surface area contributed by atoms with Crippen LogP contribution in [0, 0.1) is 5.82 Å². The van der Waals surface area contributed by atoms with Crippen LogP contribution in [0.15, 0.2) is 18.2 Å². The van der Waals surface area contributed by atoms with E-state index < -0.39 is 5.82 Å². The van der Waals surface area contributed by atoms with Crippen LogP contribution in [-0.2, 0) is 4.79 Å². The van der Waals surface area contributed by atoms with Crippen molar-refractivity contribution in [3.05, 3.63) is 29.0 Å². The van der Waals surface area contributed by atoms with Crippen LogP contribution >= 0.6 is 11.6 Å². The van der Waals surface area contributed by atoms with Crippen LogP contribution in [-0.4, -0.2) is 43.0 Å². The predicted octanol–water partition coefficient (Wildman–Crippen LogP) is 2.10. The minimum atomic E-state index is -0.513. The number of hydrogen-bond donors (Lipinski definition) is 2. The number of hydrogen-bond acceptors (Lipinski definition) is 3. The van der Waals surface area contributed by atoms with Crippen molar-refractivity contribution in [1.82, 2.24) is 10.2 Å². The zero-order valence-electron chi connectivity index (χ0n) is 11.5. The van der Waals surface area contributed by atoms with Gasteiger partial charge in [-0.25, -0.2) is 4.39 Å². The van der Waals surface area contributed by atoms with Crippen molar-refractivity contribution in [2.45, 2.75) is 19.4 Å². The summed E-state index contributed by atoms with van der Waals surface area (Å²) >= 11 is 5.67. The summed E-state index contributed by atoms with van der Waals surface area (Å²) in [5.41, 5.74) is 0.174. The highest BCUT2D eigenvalue weighted by molar-refractivity contribution is 6.30. The van der Waals surface area contributed by atoms with Crippen LogP contribution < -0.4 is 10.6 Å². The van der Waals surface area contributed by atoms with Gasteiger partial charge in [-0.15, -0.1) is 0 Å². The Morgan fingerprint density at radius 2 is 2.40 bits per heavy atom. The third-order valence-corrected chi connectivity index (χ3v) is 3.71. The number of amides is 1. The summed E-state index contributed by atoms with van der Waals surface area (Å²) in [7, 11) is 0. The van der Waals surface area contributed by atoms with Gasteiger partial charge in [0.15, 0.2) is 0 Å². The molecule has 110 valence electrons. The number of halogens is 2. The van der Waals surface area contributed by atoms with Crippen LogP contribution in [0.5, 0.6) is 0 Å². The number of carbonyl (C=O) groups is 1. The Morgan fingerprint density at radius 3 is 3.10 bits per heavy atom. The van der Waals surface area contributed by atoms with Gasteiger partial charge in [0.2, 0.25) is 5.91 Å². The first kappa shape index (κ1) is 15.2. The topological polar surface area (TPSA) is 44.4 Å². The van der Waals surface area contributed by atoms with E-state index >= 15 is 0 Å². The number of nitrogens with zero attached hydrogens (tertiary/aromatic N) is 1. The maximum atomic E-state index is 13.5. The van der Waals surface area contributed by atoms with Crippen LogP contribution in [0.1, 0.15) is 13.3 Å². The Hall–Kier alpha value is -1.17. The quantitative estimate of drug-likeness (QED) is 0.895. The van der Waals surface area contributed by atoms with Gasteiger partial charge in [-0.3, -0.25) is 9.69 Å². The largest absolute Gasteiger partial charge is 0.324 e. The summed E-state index contributed by atoms with van der Waals surface area (Å²) in [6, 6.07) is 4.64. The lowest BCUT2D eigenvalue weighted by atomic mass is 10.2. The first-order valence-electron chi connectivity index (χ1n) is 6.76. The molecule has 0 aliphatic carbocycles. The molecule has 2 N–H and O–H groups in total. The number of anilines is 1. The molecule has 4 nitrogen and oxygen atoms in total. The first-order chi connectivity index (χ1) is 9.56. The molecule has 1 fully saturated rings. The summed E-state index contributed by atoms with van der Waals surface area (Å²) in [5, 5.41) is 6.19. The Kier molecular flexibility index (Phi) is 5.34. The molecule has 0 radical (unpaired) electrons. The van der Waals surface area contributed by atoms with Gasteiger partial charge in [-0.2, -0.15) is 0 Å². The highest BCUT2D eigenvalue weighted by atomic mass is 35.5. The Balaban J connectivity index is 1.83. The number of carbonyl (C=O) groups excluding carboxylic acids is 1. The molecule has 0 unspecified atom stereocenters. The minimum Gasteiger partial charge on any atom is -0.324 e. The summed E-state index contributed by atoms with van der Waals surface area (Å²) in [6.45, 7) is 5.63. The molecule has 1 aliphatic rings. The molecule has 0 spiro atoms. The van der Waals surface area contributed by atoms with E-state index in [2.05, 4.69) is 22.5 Å². The molecule has 0 bridgehead atoms. The van der Waals surface area contributed by atoms with E-state index in [4.69, 9.17) is 11.6 Å². The molecule has 1 heterocycles. The first-order valence-corrected chi connectivity index (χ1v) is 7.14. The monoisotopic (exact) mass is 299 g/mol. The molecule has 1 aromatic carbocycles. The predicted molar refractivity (Wildman–Crippen MR) is 78.6 cm³/mol. The Labute approximate surface area is 123 Å². The molecule has 0 saturated carbocycles. The highest BCUT2D eigenvalue weighted by Crippen LogP contribution is 2.19. The van der Waals surface area contributed by atoms with Crippen LogP contribution in [0.2, 0.25) is 5.02 Å². The molecule has 1 atom stereocenters. The van der Waals surface area contributed by atoms with E-state index in [0.717, 1.165) is 19.6 Å². The summed E-state index contributed by atoms with van der Waals surface area (Å²) in [6.07, 6.45) is 0.354. The lowest BCUT2D eigenvalue weighted by molar-refractivity contribution is -0.116. The van der Waals surface area contributed by atoms with E-state index in [9.17, 15) is 9.18 Å².